The van der Waals surface area contributed by atoms with Crippen LogP contribution in [0.25, 0.3) is 0 Å². The molecule has 2 amide bonds. The average Bonchev–Trinajstić information content (AvgIpc) is 3.19. The Morgan fingerprint density at radius 1 is 1.20 bits per heavy atom. The van der Waals surface area contributed by atoms with Crippen LogP contribution in [0.3, 0.4) is 0 Å². The predicted molar refractivity (Wildman–Crippen MR) is 72.9 cm³/mol. The van der Waals surface area contributed by atoms with Gasteiger partial charge in [-0.3, -0.25) is 19.3 Å². The fraction of sp³-hybridized carbons (Fsp3) is 0.769. The monoisotopic (exact) mass is 285 g/mol. The number of hydrogen-bond acceptors (Lipinski definition) is 5. The molecular weight excluding hydrogens is 262 g/mol. The van der Waals surface area contributed by atoms with E-state index in [0.29, 0.717) is 12.6 Å². The first-order chi connectivity index (χ1) is 9.42. The topological polar surface area (TPSA) is 79.0 Å². The van der Waals surface area contributed by atoms with E-state index in [9.17, 15) is 14.4 Å². The van der Waals surface area contributed by atoms with Crippen LogP contribution in [0.2, 0.25) is 0 Å². The van der Waals surface area contributed by atoms with E-state index in [1.165, 1.54) is 12.0 Å². The summed E-state index contributed by atoms with van der Waals surface area (Å²) in [7, 11) is 4.68. The van der Waals surface area contributed by atoms with Gasteiger partial charge in [-0.2, -0.15) is 0 Å². The highest BCUT2D eigenvalue weighted by Crippen LogP contribution is 2.18. The van der Waals surface area contributed by atoms with Crippen molar-refractivity contribution in [2.45, 2.75) is 25.3 Å². The molecule has 0 saturated heterocycles. The van der Waals surface area contributed by atoms with Gasteiger partial charge in [0.15, 0.2) is 0 Å². The number of methoxy groups -OCH3 is 1. The van der Waals surface area contributed by atoms with E-state index >= 15 is 0 Å². The number of likely N-dealkylation sites (N-methyl/N-ethyl adjacent to an activating group) is 2. The second-order valence-electron chi connectivity index (χ2n) is 5.16. The molecule has 1 aliphatic carbocycles. The van der Waals surface area contributed by atoms with E-state index in [1.54, 1.807) is 19.0 Å². The lowest BCUT2D eigenvalue weighted by atomic mass is 10.3. The van der Waals surface area contributed by atoms with E-state index in [0.717, 1.165) is 12.8 Å². The maximum Gasteiger partial charge on any atom is 0.306 e. The molecule has 0 aromatic heterocycles. The molecule has 1 rings (SSSR count). The van der Waals surface area contributed by atoms with Crippen LogP contribution in [0.4, 0.5) is 0 Å². The van der Waals surface area contributed by atoms with Crippen molar-refractivity contribution in [3.8, 4) is 0 Å². The molecule has 7 heteroatoms. The second kappa shape index (κ2) is 7.84. The average molecular weight is 285 g/mol. The van der Waals surface area contributed by atoms with Crippen LogP contribution in [-0.4, -0.2) is 74.5 Å². The molecule has 1 aliphatic rings. The van der Waals surface area contributed by atoms with Crippen molar-refractivity contribution in [1.82, 2.24) is 15.1 Å². The van der Waals surface area contributed by atoms with E-state index in [-0.39, 0.29) is 37.3 Å². The summed E-state index contributed by atoms with van der Waals surface area (Å²) in [6, 6.07) is 0.300. The summed E-state index contributed by atoms with van der Waals surface area (Å²) >= 11 is 0. The fourth-order valence-corrected chi connectivity index (χ4v) is 1.62. The second-order valence-corrected chi connectivity index (χ2v) is 5.16. The Morgan fingerprint density at radius 3 is 2.40 bits per heavy atom. The first-order valence-electron chi connectivity index (χ1n) is 6.71. The maximum atomic E-state index is 11.9. The normalized spacial score (nSPS) is 14.0. The molecule has 0 bridgehead atoms. The van der Waals surface area contributed by atoms with Gasteiger partial charge in [0.05, 0.1) is 26.6 Å². The molecule has 0 aliphatic heterocycles. The van der Waals surface area contributed by atoms with Gasteiger partial charge in [-0.15, -0.1) is 0 Å². The maximum absolute atomic E-state index is 11.9. The van der Waals surface area contributed by atoms with Gasteiger partial charge >= 0.3 is 5.97 Å². The Hall–Kier alpha value is -1.63. The first kappa shape index (κ1) is 16.4. The molecule has 7 nitrogen and oxygen atoms in total. The van der Waals surface area contributed by atoms with Gasteiger partial charge in [0.2, 0.25) is 11.8 Å². The molecule has 0 unspecified atom stereocenters. The molecular formula is C13H23N3O4. The number of amides is 2. The Morgan fingerprint density at radius 2 is 1.85 bits per heavy atom. The predicted octanol–water partition coefficient (Wildman–Crippen LogP) is -0.782. The van der Waals surface area contributed by atoms with Gasteiger partial charge in [-0.05, 0) is 19.9 Å². The summed E-state index contributed by atoms with van der Waals surface area (Å²) < 4.78 is 4.53. The number of carbonyl (C=O) groups is 3. The molecule has 0 radical (unpaired) electrons. The summed E-state index contributed by atoms with van der Waals surface area (Å²) in [5.74, 6) is -0.578. The number of carbonyl (C=O) groups excluding carboxylic acids is 3. The largest absolute Gasteiger partial charge is 0.469 e. The van der Waals surface area contributed by atoms with Gasteiger partial charge < -0.3 is 15.0 Å². The van der Waals surface area contributed by atoms with E-state index in [2.05, 4.69) is 10.1 Å². The third kappa shape index (κ3) is 6.51. The van der Waals surface area contributed by atoms with E-state index in [4.69, 9.17) is 0 Å². The number of nitrogens with one attached hydrogen (secondary N) is 1. The Balaban J connectivity index is 2.21. The quantitative estimate of drug-likeness (QED) is 0.592. The van der Waals surface area contributed by atoms with Gasteiger partial charge in [-0.1, -0.05) is 0 Å². The zero-order chi connectivity index (χ0) is 15.1. The Kier molecular flexibility index (Phi) is 6.44. The molecule has 114 valence electrons. The molecule has 0 heterocycles. The van der Waals surface area contributed by atoms with Crippen molar-refractivity contribution in [3.05, 3.63) is 0 Å². The van der Waals surface area contributed by atoms with Gasteiger partial charge in [0.25, 0.3) is 0 Å². The Labute approximate surface area is 119 Å². The van der Waals surface area contributed by atoms with Crippen LogP contribution in [-0.2, 0) is 19.1 Å². The minimum absolute atomic E-state index is 0.0696. The van der Waals surface area contributed by atoms with E-state index in [1.807, 2.05) is 0 Å². The summed E-state index contributed by atoms with van der Waals surface area (Å²) in [4.78, 5) is 37.6. The van der Waals surface area contributed by atoms with Crippen molar-refractivity contribution in [2.75, 3.05) is 40.8 Å². The van der Waals surface area contributed by atoms with Crippen LogP contribution in [0, 0.1) is 0 Å². The third-order valence-electron chi connectivity index (χ3n) is 3.08. The zero-order valence-electron chi connectivity index (χ0n) is 12.3. The van der Waals surface area contributed by atoms with Crippen molar-refractivity contribution in [2.24, 2.45) is 0 Å². The molecule has 1 N–H and O–H groups in total. The highest BCUT2D eigenvalue weighted by molar-refractivity contribution is 5.85. The SMILES string of the molecule is COC(=O)CCN(C)CC(=O)N(C)CC(=O)NC1CC1. The third-order valence-corrected chi connectivity index (χ3v) is 3.08. The number of rotatable bonds is 8. The van der Waals surface area contributed by atoms with Gasteiger partial charge in [0.1, 0.15) is 0 Å². The van der Waals surface area contributed by atoms with Crippen LogP contribution in [0.5, 0.6) is 0 Å². The van der Waals surface area contributed by atoms with E-state index < -0.39 is 0 Å². The molecule has 1 fully saturated rings. The first-order valence-corrected chi connectivity index (χ1v) is 6.71. The zero-order valence-corrected chi connectivity index (χ0v) is 12.3. The molecule has 0 aromatic carbocycles. The number of nitrogens with zero attached hydrogens (tertiary/aromatic N) is 2. The minimum Gasteiger partial charge on any atom is -0.469 e. The standard InChI is InChI=1S/C13H23N3O4/c1-15(7-6-13(19)20-3)9-12(18)16(2)8-11(17)14-10-4-5-10/h10H,4-9H2,1-3H3,(H,14,17). The minimum atomic E-state index is -0.304. The van der Waals surface area contributed by atoms with Crippen LogP contribution in [0.1, 0.15) is 19.3 Å². The van der Waals surface area contributed by atoms with Gasteiger partial charge in [-0.25, -0.2) is 0 Å². The summed E-state index contributed by atoms with van der Waals surface area (Å²) in [5, 5.41) is 2.83. The molecule has 0 atom stereocenters. The van der Waals surface area contributed by atoms with Crippen molar-refractivity contribution >= 4 is 17.8 Å². The fourth-order valence-electron chi connectivity index (χ4n) is 1.62. The van der Waals surface area contributed by atoms with Gasteiger partial charge in [0, 0.05) is 19.6 Å². The van der Waals surface area contributed by atoms with Crippen LogP contribution < -0.4 is 5.32 Å². The van der Waals surface area contributed by atoms with Crippen LogP contribution >= 0.6 is 0 Å². The highest BCUT2D eigenvalue weighted by atomic mass is 16.5. The summed E-state index contributed by atoms with van der Waals surface area (Å²) in [6.07, 6.45) is 2.30. The van der Waals surface area contributed by atoms with Crippen molar-refractivity contribution < 1.29 is 19.1 Å². The molecule has 20 heavy (non-hydrogen) atoms. The molecule has 1 saturated carbocycles. The summed E-state index contributed by atoms with van der Waals surface area (Å²) in [5.41, 5.74) is 0. The molecule has 0 aromatic rings. The van der Waals surface area contributed by atoms with Crippen molar-refractivity contribution in [3.63, 3.8) is 0 Å². The molecule has 0 spiro atoms. The lowest BCUT2D eigenvalue weighted by Gasteiger charge is -2.21. The lowest BCUT2D eigenvalue weighted by molar-refractivity contribution is -0.141. The van der Waals surface area contributed by atoms with Crippen LogP contribution in [0.15, 0.2) is 0 Å². The number of esters is 1. The smallest absolute Gasteiger partial charge is 0.306 e. The number of hydrogen-bond donors (Lipinski definition) is 1. The summed E-state index contributed by atoms with van der Waals surface area (Å²) in [6.45, 7) is 0.685. The van der Waals surface area contributed by atoms with Crippen molar-refractivity contribution in [1.29, 1.82) is 0 Å². The number of ether oxygens (including phenoxy) is 1. The highest BCUT2D eigenvalue weighted by Gasteiger charge is 2.24. The lowest BCUT2D eigenvalue weighted by Crippen LogP contribution is -2.43. The Bertz CT molecular complexity index is 369.